The summed E-state index contributed by atoms with van der Waals surface area (Å²) >= 11 is 8.18. The fourth-order valence-electron chi connectivity index (χ4n) is 1.75. The molecule has 0 aliphatic carbocycles. The molecule has 0 radical (unpaired) electrons. The maximum atomic E-state index is 13.4. The maximum Gasteiger partial charge on any atom is 0.224 e. The normalized spacial score (nSPS) is 10.3. The summed E-state index contributed by atoms with van der Waals surface area (Å²) in [6.45, 7) is 0. The van der Waals surface area contributed by atoms with Gasteiger partial charge in [0.2, 0.25) is 5.91 Å². The van der Waals surface area contributed by atoms with Crippen LogP contribution in [0.15, 0.2) is 42.5 Å². The summed E-state index contributed by atoms with van der Waals surface area (Å²) in [5.41, 5.74) is 1.11. The van der Waals surface area contributed by atoms with E-state index < -0.39 is 0 Å². The van der Waals surface area contributed by atoms with Crippen molar-refractivity contribution in [2.75, 3.05) is 5.32 Å². The van der Waals surface area contributed by atoms with Crippen LogP contribution in [0, 0.1) is 9.39 Å². The summed E-state index contributed by atoms with van der Waals surface area (Å²) in [6.07, 6.45) is 0.573. The van der Waals surface area contributed by atoms with Gasteiger partial charge in [0.05, 0.1) is 10.7 Å². The SMILES string of the molecule is O=C(CCc1ccccc1F)Nc1ccc(I)cc1Cl. The van der Waals surface area contributed by atoms with E-state index in [-0.39, 0.29) is 18.1 Å². The van der Waals surface area contributed by atoms with Crippen LogP contribution >= 0.6 is 34.2 Å². The highest BCUT2D eigenvalue weighted by Gasteiger charge is 2.08. The van der Waals surface area contributed by atoms with Gasteiger partial charge in [0.1, 0.15) is 5.82 Å². The third-order valence-corrected chi connectivity index (χ3v) is 3.77. The van der Waals surface area contributed by atoms with E-state index >= 15 is 0 Å². The van der Waals surface area contributed by atoms with E-state index in [1.54, 1.807) is 30.3 Å². The maximum absolute atomic E-state index is 13.4. The molecule has 2 aromatic carbocycles. The van der Waals surface area contributed by atoms with Gasteiger partial charge in [-0.15, -0.1) is 0 Å². The molecule has 0 aliphatic rings. The standard InChI is InChI=1S/C15H12ClFINO/c16-12-9-11(18)6-7-14(12)19-15(20)8-5-10-3-1-2-4-13(10)17/h1-4,6-7,9H,5,8H2,(H,19,20). The van der Waals surface area contributed by atoms with Crippen molar-refractivity contribution in [2.45, 2.75) is 12.8 Å². The molecule has 0 heterocycles. The second-order valence-electron chi connectivity index (χ2n) is 4.26. The molecule has 0 aliphatic heterocycles. The molecule has 0 fully saturated rings. The van der Waals surface area contributed by atoms with Crippen LogP contribution in [-0.2, 0) is 11.2 Å². The largest absolute Gasteiger partial charge is 0.325 e. The number of hydrogen-bond acceptors (Lipinski definition) is 1. The number of carbonyl (C=O) groups excluding carboxylic acids is 1. The first kappa shape index (κ1) is 15.3. The van der Waals surface area contributed by atoms with Crippen LogP contribution in [0.5, 0.6) is 0 Å². The van der Waals surface area contributed by atoms with Crippen LogP contribution in [-0.4, -0.2) is 5.91 Å². The Bertz CT molecular complexity index is 633. The topological polar surface area (TPSA) is 29.1 Å². The zero-order chi connectivity index (χ0) is 14.5. The van der Waals surface area contributed by atoms with Gasteiger partial charge in [0.25, 0.3) is 0 Å². The number of nitrogens with one attached hydrogen (secondary N) is 1. The van der Waals surface area contributed by atoms with E-state index in [0.717, 1.165) is 3.57 Å². The molecule has 2 aromatic rings. The van der Waals surface area contributed by atoms with Gasteiger partial charge < -0.3 is 5.32 Å². The fraction of sp³-hybridized carbons (Fsp3) is 0.133. The molecular weight excluding hydrogens is 392 g/mol. The monoisotopic (exact) mass is 403 g/mol. The van der Waals surface area contributed by atoms with Crippen molar-refractivity contribution in [3.8, 4) is 0 Å². The average Bonchev–Trinajstić information content (AvgIpc) is 2.41. The van der Waals surface area contributed by atoms with Crippen molar-refractivity contribution in [1.29, 1.82) is 0 Å². The quantitative estimate of drug-likeness (QED) is 0.740. The zero-order valence-corrected chi connectivity index (χ0v) is 13.4. The smallest absolute Gasteiger partial charge is 0.224 e. The lowest BCUT2D eigenvalue weighted by Gasteiger charge is -2.08. The summed E-state index contributed by atoms with van der Waals surface area (Å²) in [4.78, 5) is 11.8. The molecule has 1 amide bonds. The Hall–Kier alpha value is -1.14. The van der Waals surface area contributed by atoms with Gasteiger partial charge >= 0.3 is 0 Å². The summed E-state index contributed by atoms with van der Waals surface area (Å²) in [6, 6.07) is 11.8. The molecule has 0 atom stereocenters. The number of rotatable bonds is 4. The minimum atomic E-state index is -0.285. The molecular formula is C15H12ClFINO. The number of amides is 1. The number of carbonyl (C=O) groups is 1. The van der Waals surface area contributed by atoms with Crippen molar-refractivity contribution in [2.24, 2.45) is 0 Å². The molecule has 104 valence electrons. The second-order valence-corrected chi connectivity index (χ2v) is 5.92. The minimum absolute atomic E-state index is 0.184. The Kier molecular flexibility index (Phi) is 5.37. The molecule has 0 unspecified atom stereocenters. The molecule has 0 aromatic heterocycles. The van der Waals surface area contributed by atoms with Crippen molar-refractivity contribution < 1.29 is 9.18 Å². The molecule has 0 bridgehead atoms. The van der Waals surface area contributed by atoms with Gasteiger partial charge in [-0.05, 0) is 58.8 Å². The number of benzene rings is 2. The summed E-state index contributed by atoms with van der Waals surface area (Å²) in [5, 5.41) is 3.23. The summed E-state index contributed by atoms with van der Waals surface area (Å²) < 4.78 is 14.4. The van der Waals surface area contributed by atoms with Gasteiger partial charge in [-0.3, -0.25) is 4.79 Å². The van der Waals surface area contributed by atoms with E-state index in [4.69, 9.17) is 11.6 Å². The molecule has 1 N–H and O–H groups in total. The minimum Gasteiger partial charge on any atom is -0.325 e. The first-order chi connectivity index (χ1) is 9.56. The van der Waals surface area contributed by atoms with Gasteiger partial charge in [-0.1, -0.05) is 29.8 Å². The van der Waals surface area contributed by atoms with Gasteiger partial charge in [-0.2, -0.15) is 0 Å². The van der Waals surface area contributed by atoms with E-state index in [0.29, 0.717) is 22.7 Å². The average molecular weight is 404 g/mol. The summed E-state index contributed by atoms with van der Waals surface area (Å²) in [5.74, 6) is -0.469. The zero-order valence-electron chi connectivity index (χ0n) is 10.5. The Morgan fingerprint density at radius 3 is 2.70 bits per heavy atom. The van der Waals surface area contributed by atoms with Crippen LogP contribution in [0.1, 0.15) is 12.0 Å². The highest BCUT2D eigenvalue weighted by molar-refractivity contribution is 14.1. The first-order valence-electron chi connectivity index (χ1n) is 6.04. The number of halogens is 3. The lowest BCUT2D eigenvalue weighted by atomic mass is 10.1. The predicted molar refractivity (Wildman–Crippen MR) is 87.5 cm³/mol. The third-order valence-electron chi connectivity index (χ3n) is 2.78. The Morgan fingerprint density at radius 1 is 1.25 bits per heavy atom. The van der Waals surface area contributed by atoms with Crippen LogP contribution in [0.4, 0.5) is 10.1 Å². The van der Waals surface area contributed by atoms with Crippen LogP contribution < -0.4 is 5.32 Å². The Morgan fingerprint density at radius 2 is 2.00 bits per heavy atom. The molecule has 5 heteroatoms. The van der Waals surface area contributed by atoms with E-state index in [2.05, 4.69) is 27.9 Å². The van der Waals surface area contributed by atoms with E-state index in [1.807, 2.05) is 6.07 Å². The third kappa shape index (κ3) is 4.18. The summed E-state index contributed by atoms with van der Waals surface area (Å²) in [7, 11) is 0. The van der Waals surface area contributed by atoms with Crippen molar-refractivity contribution in [1.82, 2.24) is 0 Å². The molecule has 2 nitrogen and oxygen atoms in total. The lowest BCUT2D eigenvalue weighted by Crippen LogP contribution is -2.13. The van der Waals surface area contributed by atoms with E-state index in [9.17, 15) is 9.18 Å². The van der Waals surface area contributed by atoms with Crippen LogP contribution in [0.2, 0.25) is 5.02 Å². The lowest BCUT2D eigenvalue weighted by molar-refractivity contribution is -0.116. The molecule has 0 saturated carbocycles. The first-order valence-corrected chi connectivity index (χ1v) is 7.50. The van der Waals surface area contributed by atoms with Crippen molar-refractivity contribution in [3.05, 3.63) is 62.4 Å². The van der Waals surface area contributed by atoms with Crippen molar-refractivity contribution >= 4 is 45.8 Å². The molecule has 0 saturated heterocycles. The highest BCUT2D eigenvalue weighted by atomic mass is 127. The number of aryl methyl sites for hydroxylation is 1. The van der Waals surface area contributed by atoms with Crippen molar-refractivity contribution in [3.63, 3.8) is 0 Å². The van der Waals surface area contributed by atoms with Gasteiger partial charge in [-0.25, -0.2) is 4.39 Å². The fourth-order valence-corrected chi connectivity index (χ4v) is 2.66. The predicted octanol–water partition coefficient (Wildman–Crippen LogP) is 4.66. The van der Waals surface area contributed by atoms with Crippen LogP contribution in [0.25, 0.3) is 0 Å². The Labute approximate surface area is 135 Å². The molecule has 20 heavy (non-hydrogen) atoms. The van der Waals surface area contributed by atoms with Gasteiger partial charge in [0.15, 0.2) is 0 Å². The van der Waals surface area contributed by atoms with E-state index in [1.165, 1.54) is 6.07 Å². The molecule has 0 spiro atoms. The molecule has 2 rings (SSSR count). The van der Waals surface area contributed by atoms with Gasteiger partial charge in [0, 0.05) is 9.99 Å². The Balaban J connectivity index is 1.94. The number of hydrogen-bond donors (Lipinski definition) is 1. The second kappa shape index (κ2) is 7.04. The number of anilines is 1. The van der Waals surface area contributed by atoms with Crippen LogP contribution in [0.3, 0.4) is 0 Å². The highest BCUT2D eigenvalue weighted by Crippen LogP contribution is 2.24.